The number of nitrogens with zero attached hydrogens (tertiary/aromatic N) is 2. The van der Waals surface area contributed by atoms with Crippen molar-refractivity contribution in [3.8, 4) is 0 Å². The summed E-state index contributed by atoms with van der Waals surface area (Å²) >= 11 is 0. The van der Waals surface area contributed by atoms with Gasteiger partial charge in [-0.25, -0.2) is 21.1 Å². The van der Waals surface area contributed by atoms with Gasteiger partial charge in [0.2, 0.25) is 15.1 Å². The zero-order valence-corrected chi connectivity index (χ0v) is 19.5. The molecule has 0 atom stereocenters. The van der Waals surface area contributed by atoms with Gasteiger partial charge in [-0.2, -0.15) is 4.31 Å². The number of sulfonamides is 2. The highest BCUT2D eigenvalue weighted by Gasteiger charge is 2.26. The molecule has 12 heteroatoms. The molecule has 0 N–H and O–H groups in total. The molecule has 32 heavy (non-hydrogen) atoms. The van der Waals surface area contributed by atoms with E-state index < -0.39 is 26.0 Å². The van der Waals surface area contributed by atoms with Crippen LogP contribution in [-0.2, 0) is 47.3 Å². The second-order valence-corrected chi connectivity index (χ2v) is 11.3. The highest BCUT2D eigenvalue weighted by atomic mass is 32.2. The monoisotopic (exact) mass is 486 g/mol. The molecule has 0 unspecified atom stereocenters. The number of hydrogen-bond donors (Lipinski definition) is 0. The van der Waals surface area contributed by atoms with Crippen LogP contribution in [0, 0.1) is 0 Å². The SMILES string of the molecule is CN(C)S(=O)(=O)c1ccc(COC(=O)CCc2ccc(S(=O)(=O)N3CCOCC3)cc2)o1. The Bertz CT molecular complexity index is 1130. The molecular weight excluding hydrogens is 460 g/mol. The first-order valence-electron chi connectivity index (χ1n) is 9.94. The fraction of sp³-hybridized carbons (Fsp3) is 0.450. The number of carbonyl (C=O) groups excluding carboxylic acids is 1. The standard InChI is InChI=1S/C20H26N2O8S2/c1-21(2)32(26,27)20-10-6-17(30-20)15-29-19(23)9-5-16-3-7-18(8-4-16)31(24,25)22-11-13-28-14-12-22/h3-4,6-8,10H,5,9,11-15H2,1-2H3. The average molecular weight is 487 g/mol. The van der Waals surface area contributed by atoms with Crippen LogP contribution in [0.4, 0.5) is 0 Å². The lowest BCUT2D eigenvalue weighted by Gasteiger charge is -2.26. The van der Waals surface area contributed by atoms with E-state index >= 15 is 0 Å². The first kappa shape index (κ1) is 24.4. The predicted octanol–water partition coefficient (Wildman–Crippen LogP) is 1.23. The number of benzene rings is 1. The van der Waals surface area contributed by atoms with Crippen molar-refractivity contribution in [2.75, 3.05) is 40.4 Å². The molecule has 1 aliphatic rings. The first-order valence-corrected chi connectivity index (χ1v) is 12.8. The Labute approximate surface area is 187 Å². The minimum absolute atomic E-state index is 0.0825. The van der Waals surface area contributed by atoms with E-state index in [-0.39, 0.29) is 28.8 Å². The summed E-state index contributed by atoms with van der Waals surface area (Å²) in [6.45, 7) is 1.23. The van der Waals surface area contributed by atoms with Gasteiger partial charge >= 0.3 is 5.97 Å². The number of rotatable bonds is 9. The van der Waals surface area contributed by atoms with Crippen LogP contribution < -0.4 is 0 Å². The lowest BCUT2D eigenvalue weighted by Crippen LogP contribution is -2.40. The van der Waals surface area contributed by atoms with Gasteiger partial charge in [0.05, 0.1) is 18.1 Å². The summed E-state index contributed by atoms with van der Waals surface area (Å²) in [5, 5.41) is -0.222. The van der Waals surface area contributed by atoms with E-state index in [4.69, 9.17) is 13.9 Å². The summed E-state index contributed by atoms with van der Waals surface area (Å²) in [5.41, 5.74) is 0.792. The molecule has 0 radical (unpaired) electrons. The molecule has 0 bridgehead atoms. The molecule has 1 aromatic heterocycles. The van der Waals surface area contributed by atoms with Gasteiger partial charge in [-0.1, -0.05) is 12.1 Å². The molecule has 0 spiro atoms. The molecule has 0 amide bonds. The molecule has 3 rings (SSSR count). The maximum Gasteiger partial charge on any atom is 0.306 e. The van der Waals surface area contributed by atoms with Crippen molar-refractivity contribution in [1.29, 1.82) is 0 Å². The number of aryl methyl sites for hydroxylation is 1. The third kappa shape index (κ3) is 5.75. The lowest BCUT2D eigenvalue weighted by atomic mass is 10.1. The third-order valence-corrected chi connectivity index (χ3v) is 8.50. The van der Waals surface area contributed by atoms with Crippen LogP contribution in [0.15, 0.2) is 50.8 Å². The van der Waals surface area contributed by atoms with Gasteiger partial charge in [0, 0.05) is 33.6 Å². The van der Waals surface area contributed by atoms with Gasteiger partial charge < -0.3 is 13.9 Å². The summed E-state index contributed by atoms with van der Waals surface area (Å²) < 4.78 is 67.3. The summed E-state index contributed by atoms with van der Waals surface area (Å²) in [6.07, 6.45) is 0.453. The Kier molecular flexibility index (Phi) is 7.72. The molecule has 10 nitrogen and oxygen atoms in total. The van der Waals surface area contributed by atoms with Crippen molar-refractivity contribution in [3.05, 3.63) is 47.7 Å². The van der Waals surface area contributed by atoms with E-state index in [1.807, 2.05) is 0 Å². The van der Waals surface area contributed by atoms with Crippen molar-refractivity contribution in [3.63, 3.8) is 0 Å². The fourth-order valence-corrected chi connectivity index (χ4v) is 5.21. The van der Waals surface area contributed by atoms with Gasteiger partial charge in [-0.05, 0) is 36.2 Å². The second kappa shape index (κ2) is 10.1. The van der Waals surface area contributed by atoms with Gasteiger partial charge in [-0.3, -0.25) is 4.79 Å². The van der Waals surface area contributed by atoms with Crippen LogP contribution in [0.5, 0.6) is 0 Å². The average Bonchev–Trinajstić information content (AvgIpc) is 3.27. The van der Waals surface area contributed by atoms with E-state index in [0.29, 0.717) is 32.7 Å². The van der Waals surface area contributed by atoms with Crippen LogP contribution in [0.3, 0.4) is 0 Å². The molecule has 2 aromatic rings. The van der Waals surface area contributed by atoms with Crippen molar-refractivity contribution in [2.45, 2.75) is 29.4 Å². The van der Waals surface area contributed by atoms with Crippen LogP contribution in [-0.4, -0.2) is 71.8 Å². The minimum Gasteiger partial charge on any atom is -0.457 e. The number of morpholine rings is 1. The number of furan rings is 1. The van der Waals surface area contributed by atoms with E-state index in [0.717, 1.165) is 9.87 Å². The van der Waals surface area contributed by atoms with E-state index in [1.54, 1.807) is 12.1 Å². The minimum atomic E-state index is -3.69. The Hall–Kier alpha value is -2.25. The molecule has 176 valence electrons. The predicted molar refractivity (Wildman–Crippen MR) is 114 cm³/mol. The van der Waals surface area contributed by atoms with Crippen molar-refractivity contribution >= 4 is 26.0 Å². The quantitative estimate of drug-likeness (QED) is 0.485. The number of carbonyl (C=O) groups is 1. The Balaban J connectivity index is 1.50. The zero-order valence-electron chi connectivity index (χ0n) is 17.9. The highest BCUT2D eigenvalue weighted by molar-refractivity contribution is 7.89. The van der Waals surface area contributed by atoms with E-state index in [1.165, 1.54) is 42.7 Å². The van der Waals surface area contributed by atoms with Gasteiger partial charge in [0.25, 0.3) is 10.0 Å². The van der Waals surface area contributed by atoms with E-state index in [2.05, 4.69) is 0 Å². The van der Waals surface area contributed by atoms with Crippen molar-refractivity contribution in [1.82, 2.24) is 8.61 Å². The smallest absolute Gasteiger partial charge is 0.306 e. The number of hydrogen-bond acceptors (Lipinski definition) is 8. The normalized spacial score (nSPS) is 15.7. The highest BCUT2D eigenvalue weighted by Crippen LogP contribution is 2.19. The Morgan fingerprint density at radius 1 is 1.03 bits per heavy atom. The molecule has 0 aliphatic carbocycles. The Morgan fingerprint density at radius 3 is 2.31 bits per heavy atom. The zero-order chi connectivity index (χ0) is 23.4. The molecular formula is C20H26N2O8S2. The van der Waals surface area contributed by atoms with Gasteiger partial charge in [-0.15, -0.1) is 0 Å². The number of ether oxygens (including phenoxy) is 2. The van der Waals surface area contributed by atoms with Gasteiger partial charge in [0.1, 0.15) is 12.4 Å². The molecule has 0 saturated carbocycles. The number of esters is 1. The Morgan fingerprint density at radius 2 is 1.69 bits per heavy atom. The summed E-state index contributed by atoms with van der Waals surface area (Å²) in [7, 11) is -4.46. The molecule has 2 heterocycles. The topological polar surface area (TPSA) is 123 Å². The van der Waals surface area contributed by atoms with Crippen LogP contribution in [0.2, 0.25) is 0 Å². The van der Waals surface area contributed by atoms with Crippen LogP contribution in [0.25, 0.3) is 0 Å². The molecule has 1 fully saturated rings. The fourth-order valence-electron chi connectivity index (χ4n) is 2.99. The van der Waals surface area contributed by atoms with Crippen molar-refractivity contribution < 1.29 is 35.5 Å². The first-order chi connectivity index (χ1) is 15.1. The maximum absolute atomic E-state index is 12.6. The van der Waals surface area contributed by atoms with Crippen LogP contribution >= 0.6 is 0 Å². The lowest BCUT2D eigenvalue weighted by molar-refractivity contribution is -0.145. The maximum atomic E-state index is 12.6. The second-order valence-electron chi connectivity index (χ2n) is 7.33. The summed E-state index contributed by atoms with van der Waals surface area (Å²) in [4.78, 5) is 12.2. The van der Waals surface area contributed by atoms with Gasteiger partial charge in [0.15, 0.2) is 0 Å². The summed E-state index contributed by atoms with van der Waals surface area (Å²) in [6, 6.07) is 9.15. The van der Waals surface area contributed by atoms with E-state index in [9.17, 15) is 21.6 Å². The largest absolute Gasteiger partial charge is 0.457 e. The summed E-state index contributed by atoms with van der Waals surface area (Å²) in [5.74, 6) is -0.264. The van der Waals surface area contributed by atoms with Crippen LogP contribution in [0.1, 0.15) is 17.7 Å². The molecule has 1 aliphatic heterocycles. The van der Waals surface area contributed by atoms with Crippen molar-refractivity contribution in [2.24, 2.45) is 0 Å². The third-order valence-electron chi connectivity index (χ3n) is 4.90. The molecule has 1 saturated heterocycles. The molecule has 1 aromatic carbocycles.